The summed E-state index contributed by atoms with van der Waals surface area (Å²) in [6.07, 6.45) is 1.09. The first kappa shape index (κ1) is 36.7. The quantitative estimate of drug-likeness (QED) is 0.185. The molecule has 0 aromatic heterocycles. The minimum Gasteiger partial charge on any atom is -0.340 e. The topological polar surface area (TPSA) is 74.2 Å². The summed E-state index contributed by atoms with van der Waals surface area (Å²) in [5, 5.41) is 0. The van der Waals surface area contributed by atoms with Crippen LogP contribution in [0.4, 0.5) is 0 Å². The zero-order chi connectivity index (χ0) is 36.2. The van der Waals surface area contributed by atoms with Crippen molar-refractivity contribution in [1.29, 1.82) is 0 Å². The zero-order valence-electron chi connectivity index (χ0n) is 31.3. The molecule has 4 aromatic carbocycles. The zero-order valence-corrected chi connectivity index (χ0v) is 32.2. The van der Waals surface area contributed by atoms with Crippen LogP contribution in [0.2, 0.25) is 0 Å². The number of benzene rings is 4. The number of ether oxygens (including phenoxy) is 2. The molecule has 2 fully saturated rings. The fourth-order valence-electron chi connectivity index (χ4n) is 8.77. The van der Waals surface area contributed by atoms with E-state index in [9.17, 15) is 4.89 Å². The highest BCUT2D eigenvalue weighted by atomic mass is 31.2. The Hall–Kier alpha value is -3.09. The van der Waals surface area contributed by atoms with Gasteiger partial charge < -0.3 is 14.4 Å². The second kappa shape index (κ2) is 13.5. The first-order valence-electron chi connectivity index (χ1n) is 18.0. The SMILES string of the molecule is CCCC1(CCC)O[C@@H]2[C@@H](O1)C(c1cc(C)cc(C)c1)(c1cc(C)cc(C)c1)OP(=O)(O)OC2(c1cc(C)cc(C)c1)c1cc(C)cc(C)c1. The molecule has 0 radical (unpaired) electrons. The van der Waals surface area contributed by atoms with E-state index >= 15 is 4.57 Å². The maximum Gasteiger partial charge on any atom is 0.474 e. The van der Waals surface area contributed by atoms with E-state index in [4.69, 9.17) is 18.5 Å². The van der Waals surface area contributed by atoms with Crippen molar-refractivity contribution in [3.63, 3.8) is 0 Å². The third-order valence-electron chi connectivity index (χ3n) is 10.1. The Morgan fingerprint density at radius 2 is 0.740 bits per heavy atom. The van der Waals surface area contributed by atoms with Gasteiger partial charge in [-0.15, -0.1) is 0 Å². The van der Waals surface area contributed by atoms with E-state index in [0.717, 1.165) is 79.6 Å². The molecule has 50 heavy (non-hydrogen) atoms. The molecule has 0 aliphatic carbocycles. The Bertz CT molecular complexity index is 1640. The molecule has 2 aliphatic heterocycles. The third kappa shape index (κ3) is 6.56. The summed E-state index contributed by atoms with van der Waals surface area (Å²) in [6, 6.07) is 24.8. The molecule has 6 nitrogen and oxygen atoms in total. The predicted molar refractivity (Wildman–Crippen MR) is 200 cm³/mol. The van der Waals surface area contributed by atoms with E-state index in [1.54, 1.807) is 0 Å². The molecule has 6 rings (SSSR count). The van der Waals surface area contributed by atoms with Gasteiger partial charge in [-0.2, -0.15) is 0 Å². The molecule has 0 unspecified atom stereocenters. The van der Waals surface area contributed by atoms with Gasteiger partial charge in [-0.1, -0.05) is 144 Å². The van der Waals surface area contributed by atoms with E-state index in [-0.39, 0.29) is 0 Å². The standard InChI is InChI=1S/C43H53O6P/c1-11-13-41(14-12-2)46-39-40(47-41)43(37-23-31(7)17-32(8)24-37,38-25-33(9)18-34(10)26-38)49-50(44,45)48-42(39,35-19-27(3)15-28(4)20-35)36-21-29(5)16-30(6)22-36/h15-26,39-40H,11-14H2,1-10H3,(H,44,45)/t39-,40-/m1/s1. The predicted octanol–water partition coefficient (Wildman–Crippen LogP) is 10.6. The van der Waals surface area contributed by atoms with Gasteiger partial charge in [-0.05, 0) is 77.6 Å². The Labute approximate surface area is 298 Å². The smallest absolute Gasteiger partial charge is 0.340 e. The maximum absolute atomic E-state index is 15.1. The van der Waals surface area contributed by atoms with Crippen LogP contribution in [0.3, 0.4) is 0 Å². The molecule has 7 heteroatoms. The summed E-state index contributed by atoms with van der Waals surface area (Å²) in [7, 11) is -4.94. The molecular weight excluding hydrogens is 643 g/mol. The summed E-state index contributed by atoms with van der Waals surface area (Å²) >= 11 is 0. The van der Waals surface area contributed by atoms with Gasteiger partial charge >= 0.3 is 7.82 Å². The molecule has 1 N–H and O–H groups in total. The Kier molecular flexibility index (Phi) is 9.89. The minimum absolute atomic E-state index is 0.635. The van der Waals surface area contributed by atoms with E-state index in [2.05, 4.69) is 38.1 Å². The lowest BCUT2D eigenvalue weighted by Gasteiger charge is -2.42. The van der Waals surface area contributed by atoms with Crippen LogP contribution in [0.25, 0.3) is 0 Å². The minimum atomic E-state index is -4.94. The van der Waals surface area contributed by atoms with Gasteiger partial charge in [0.2, 0.25) is 0 Å². The average Bonchev–Trinajstić information content (AvgIpc) is 3.33. The molecule has 0 amide bonds. The van der Waals surface area contributed by atoms with Gasteiger partial charge in [-0.25, -0.2) is 4.57 Å². The first-order valence-corrected chi connectivity index (χ1v) is 19.5. The summed E-state index contributed by atoms with van der Waals surface area (Å²) < 4.78 is 43.7. The molecule has 0 spiro atoms. The van der Waals surface area contributed by atoms with Crippen LogP contribution in [-0.4, -0.2) is 22.9 Å². The number of hydrogen-bond acceptors (Lipinski definition) is 5. The van der Waals surface area contributed by atoms with Crippen molar-refractivity contribution in [3.05, 3.63) is 140 Å². The van der Waals surface area contributed by atoms with Gasteiger partial charge in [-0.3, -0.25) is 9.05 Å². The highest BCUT2D eigenvalue weighted by Gasteiger charge is 2.70. The highest BCUT2D eigenvalue weighted by Crippen LogP contribution is 2.67. The number of hydrogen-bond donors (Lipinski definition) is 1. The van der Waals surface area contributed by atoms with Crippen molar-refractivity contribution in [3.8, 4) is 0 Å². The van der Waals surface area contributed by atoms with Crippen LogP contribution in [0, 0.1) is 55.4 Å². The summed E-state index contributed by atoms with van der Waals surface area (Å²) in [5.41, 5.74) is 7.72. The summed E-state index contributed by atoms with van der Waals surface area (Å²) in [4.78, 5) is 12.3. The van der Waals surface area contributed by atoms with Crippen molar-refractivity contribution in [2.75, 3.05) is 0 Å². The second-order valence-corrected chi connectivity index (χ2v) is 16.4. The monoisotopic (exact) mass is 696 g/mol. The van der Waals surface area contributed by atoms with E-state index in [1.807, 2.05) is 104 Å². The van der Waals surface area contributed by atoms with Crippen molar-refractivity contribution in [1.82, 2.24) is 0 Å². The summed E-state index contributed by atoms with van der Waals surface area (Å²) in [6.45, 7) is 20.6. The fourth-order valence-corrected chi connectivity index (χ4v) is 10.2. The van der Waals surface area contributed by atoms with Crippen molar-refractivity contribution in [2.24, 2.45) is 0 Å². The van der Waals surface area contributed by atoms with E-state index in [0.29, 0.717) is 12.8 Å². The number of phosphoric ester groups is 1. The largest absolute Gasteiger partial charge is 0.474 e. The lowest BCUT2D eigenvalue weighted by atomic mass is 9.70. The fraction of sp³-hybridized carbons (Fsp3) is 0.442. The second-order valence-electron chi connectivity index (χ2n) is 15.1. The lowest BCUT2D eigenvalue weighted by Crippen LogP contribution is -2.53. The normalized spacial score (nSPS) is 21.8. The first-order chi connectivity index (χ1) is 23.5. The Morgan fingerprint density at radius 1 is 0.500 bits per heavy atom. The van der Waals surface area contributed by atoms with E-state index < -0.39 is 37.0 Å². The van der Waals surface area contributed by atoms with Crippen LogP contribution in [0.1, 0.15) is 106 Å². The van der Waals surface area contributed by atoms with E-state index in [1.165, 1.54) is 0 Å². The van der Waals surface area contributed by atoms with Crippen LogP contribution in [0.15, 0.2) is 72.8 Å². The van der Waals surface area contributed by atoms with Gasteiger partial charge in [0.05, 0.1) is 0 Å². The average molecular weight is 697 g/mol. The molecular formula is C43H53O6P. The van der Waals surface area contributed by atoms with Gasteiger partial charge in [0.25, 0.3) is 0 Å². The highest BCUT2D eigenvalue weighted by molar-refractivity contribution is 7.47. The third-order valence-corrected chi connectivity index (χ3v) is 11.2. The number of aryl methyl sites for hydroxylation is 8. The van der Waals surface area contributed by atoms with Crippen LogP contribution < -0.4 is 0 Å². The molecule has 4 aromatic rings. The molecule has 2 saturated heterocycles. The molecule has 2 aliphatic rings. The number of fused-ring (bicyclic) bond motifs is 1. The molecule has 266 valence electrons. The van der Waals surface area contributed by atoms with Crippen LogP contribution in [-0.2, 0) is 34.3 Å². The molecule has 2 atom stereocenters. The molecule has 2 heterocycles. The van der Waals surface area contributed by atoms with Crippen LogP contribution >= 0.6 is 7.82 Å². The van der Waals surface area contributed by atoms with Gasteiger partial charge in [0.15, 0.2) is 17.0 Å². The van der Waals surface area contributed by atoms with Gasteiger partial charge in [0, 0.05) is 12.8 Å². The summed E-state index contributed by atoms with van der Waals surface area (Å²) in [5.74, 6) is -0.992. The van der Waals surface area contributed by atoms with Crippen LogP contribution in [0.5, 0.6) is 0 Å². The number of phosphoric acid groups is 1. The molecule has 0 bridgehead atoms. The Balaban J connectivity index is 1.82. The lowest BCUT2D eigenvalue weighted by molar-refractivity contribution is -0.209. The van der Waals surface area contributed by atoms with Crippen molar-refractivity contribution < 1.29 is 28.0 Å². The maximum atomic E-state index is 15.1. The van der Waals surface area contributed by atoms with Crippen molar-refractivity contribution >= 4 is 7.82 Å². The number of rotatable bonds is 8. The van der Waals surface area contributed by atoms with Crippen molar-refractivity contribution in [2.45, 2.75) is 124 Å². The Morgan fingerprint density at radius 3 is 0.960 bits per heavy atom. The molecule has 0 saturated carbocycles. The van der Waals surface area contributed by atoms with Gasteiger partial charge in [0.1, 0.15) is 12.2 Å².